The summed E-state index contributed by atoms with van der Waals surface area (Å²) >= 11 is 0. The number of pyridine rings is 1. The second kappa shape index (κ2) is 10.9. The van der Waals surface area contributed by atoms with Crippen LogP contribution in [0, 0.1) is 5.41 Å². The Morgan fingerprint density at radius 1 is 1.12 bits per heavy atom. The van der Waals surface area contributed by atoms with Gasteiger partial charge in [0.2, 0.25) is 5.88 Å². The van der Waals surface area contributed by atoms with Crippen molar-refractivity contribution in [2.45, 2.75) is 82.6 Å². The molecule has 0 unspecified atom stereocenters. The largest absolute Gasteiger partial charge is 0.477 e. The molecule has 5 rings (SSSR count). The summed E-state index contributed by atoms with van der Waals surface area (Å²) in [5.74, 6) is -0.0829. The number of amides is 1. The lowest BCUT2D eigenvalue weighted by Gasteiger charge is -2.34. The van der Waals surface area contributed by atoms with Gasteiger partial charge >= 0.3 is 6.18 Å². The van der Waals surface area contributed by atoms with Crippen LogP contribution in [0.3, 0.4) is 0 Å². The molecule has 4 heterocycles. The SMILES string of the molecule is CCCn1ccc(S(=O)(=O)NC(=O)c2ccc(-n3ccc(OCCC4(C(F)(F)F)CC4)n3)nc2N2CCCC2(C)C)n1.[HH]. The van der Waals surface area contributed by atoms with Gasteiger partial charge in [-0.15, -0.1) is 5.10 Å². The summed E-state index contributed by atoms with van der Waals surface area (Å²) in [6.07, 6.45) is 1.39. The van der Waals surface area contributed by atoms with Crippen molar-refractivity contribution < 1.29 is 32.5 Å². The number of halogens is 3. The number of anilines is 1. The lowest BCUT2D eigenvalue weighted by molar-refractivity contribution is -0.190. The molecular weight excluding hydrogens is 575 g/mol. The van der Waals surface area contributed by atoms with Crippen molar-refractivity contribution in [3.8, 4) is 11.7 Å². The first-order valence-electron chi connectivity index (χ1n) is 13.9. The molecule has 2 aliphatic rings. The third-order valence-electron chi connectivity index (χ3n) is 7.92. The molecule has 42 heavy (non-hydrogen) atoms. The highest BCUT2D eigenvalue weighted by molar-refractivity contribution is 7.90. The van der Waals surface area contributed by atoms with Gasteiger partial charge in [-0.1, -0.05) is 6.92 Å². The maximum Gasteiger partial charge on any atom is 0.394 e. The maximum atomic E-state index is 13.4. The fraction of sp³-hybridized carbons (Fsp3) is 0.556. The van der Waals surface area contributed by atoms with E-state index in [4.69, 9.17) is 9.72 Å². The fourth-order valence-electron chi connectivity index (χ4n) is 5.21. The number of sulfonamides is 1. The zero-order valence-corrected chi connectivity index (χ0v) is 24.5. The van der Waals surface area contributed by atoms with Crippen molar-refractivity contribution in [3.63, 3.8) is 0 Å². The van der Waals surface area contributed by atoms with Gasteiger partial charge in [0.05, 0.1) is 17.6 Å². The molecule has 1 N–H and O–H groups in total. The maximum absolute atomic E-state index is 13.4. The normalized spacial score (nSPS) is 17.8. The molecule has 1 amide bonds. The molecule has 230 valence electrons. The fourth-order valence-corrected chi connectivity index (χ4v) is 6.12. The number of aryl methyl sites for hydroxylation is 1. The number of nitrogens with one attached hydrogen (secondary N) is 1. The van der Waals surface area contributed by atoms with E-state index in [-0.39, 0.29) is 55.1 Å². The van der Waals surface area contributed by atoms with Gasteiger partial charge in [-0.3, -0.25) is 9.48 Å². The number of ether oxygens (including phenoxy) is 1. The van der Waals surface area contributed by atoms with Crippen LogP contribution in [-0.4, -0.2) is 63.7 Å². The van der Waals surface area contributed by atoms with Crippen molar-refractivity contribution in [1.29, 1.82) is 0 Å². The molecule has 3 aromatic heterocycles. The molecule has 0 spiro atoms. The van der Waals surface area contributed by atoms with Crippen LogP contribution in [0.5, 0.6) is 5.88 Å². The standard InChI is InChI=1S/C27H34F3N7O4S.H2/c1-4-14-35-16-9-22(33-35)42(39,40)34-24(38)19-6-7-20(31-23(19)36-15-5-10-25(36,2)3)37-17-8-21(32-37)41-18-13-26(11-12-26)27(28,29)30;/h6-9,16-17H,4-5,10-15,18H2,1-3H3,(H,34,38);1H. The van der Waals surface area contributed by atoms with Crippen LogP contribution in [0.1, 0.15) is 71.1 Å². The molecule has 1 saturated carbocycles. The quantitative estimate of drug-likeness (QED) is 0.330. The van der Waals surface area contributed by atoms with Gasteiger partial charge in [0.25, 0.3) is 15.9 Å². The number of aromatic nitrogens is 5. The Bertz CT molecular complexity index is 1570. The van der Waals surface area contributed by atoms with Gasteiger partial charge in [0.15, 0.2) is 10.8 Å². The van der Waals surface area contributed by atoms with Crippen molar-refractivity contribution in [3.05, 3.63) is 42.2 Å². The van der Waals surface area contributed by atoms with Crippen molar-refractivity contribution in [1.82, 2.24) is 29.3 Å². The number of rotatable bonds is 11. The monoisotopic (exact) mass is 611 g/mol. The first-order valence-corrected chi connectivity index (χ1v) is 15.4. The Labute approximate surface area is 243 Å². The van der Waals surface area contributed by atoms with E-state index < -0.39 is 27.5 Å². The van der Waals surface area contributed by atoms with E-state index >= 15 is 0 Å². The molecule has 0 radical (unpaired) electrons. The highest BCUT2D eigenvalue weighted by atomic mass is 32.2. The molecule has 1 aliphatic heterocycles. The van der Waals surface area contributed by atoms with Gasteiger partial charge in [-0.2, -0.15) is 26.7 Å². The summed E-state index contributed by atoms with van der Waals surface area (Å²) in [6.45, 7) is 6.99. The van der Waals surface area contributed by atoms with Crippen molar-refractivity contribution in [2.24, 2.45) is 5.41 Å². The van der Waals surface area contributed by atoms with Gasteiger partial charge in [-0.25, -0.2) is 14.4 Å². The minimum atomic E-state index is -4.25. The third-order valence-corrected chi connectivity index (χ3v) is 9.14. The number of hydrogen-bond acceptors (Lipinski definition) is 8. The first kappa shape index (κ1) is 29.9. The number of alkyl halides is 3. The highest BCUT2D eigenvalue weighted by Gasteiger charge is 2.62. The zero-order chi connectivity index (χ0) is 30.3. The molecule has 0 bridgehead atoms. The molecule has 2 fully saturated rings. The molecule has 0 aromatic carbocycles. The molecule has 3 aromatic rings. The summed E-state index contributed by atoms with van der Waals surface area (Å²) in [4.78, 5) is 20.0. The third kappa shape index (κ3) is 5.96. The van der Waals surface area contributed by atoms with Crippen LogP contribution < -0.4 is 14.4 Å². The molecule has 15 heteroatoms. The van der Waals surface area contributed by atoms with Crippen LogP contribution in [0.4, 0.5) is 19.0 Å². The average Bonchev–Trinajstić information content (AvgIpc) is 3.22. The summed E-state index contributed by atoms with van der Waals surface area (Å²) in [7, 11) is -4.24. The van der Waals surface area contributed by atoms with Gasteiger partial charge in [0.1, 0.15) is 5.82 Å². The lowest BCUT2D eigenvalue weighted by Crippen LogP contribution is -2.41. The van der Waals surface area contributed by atoms with E-state index in [1.807, 2.05) is 25.7 Å². The minimum Gasteiger partial charge on any atom is -0.477 e. The molecular formula is C27H36F3N7O4S. The van der Waals surface area contributed by atoms with Gasteiger partial charge in [-0.05, 0) is 70.6 Å². The topological polar surface area (TPSA) is 124 Å². The van der Waals surface area contributed by atoms with E-state index in [9.17, 15) is 26.4 Å². The number of nitrogens with zero attached hydrogens (tertiary/aromatic N) is 6. The van der Waals surface area contributed by atoms with Crippen LogP contribution in [0.15, 0.2) is 41.7 Å². The lowest BCUT2D eigenvalue weighted by atomic mass is 10.0. The van der Waals surface area contributed by atoms with Crippen LogP contribution in [-0.2, 0) is 16.6 Å². The summed E-state index contributed by atoms with van der Waals surface area (Å²) in [6, 6.07) is 5.86. The molecule has 1 saturated heterocycles. The second-order valence-corrected chi connectivity index (χ2v) is 13.1. The highest BCUT2D eigenvalue weighted by Crippen LogP contribution is 2.59. The Kier molecular flexibility index (Phi) is 7.75. The second-order valence-electron chi connectivity index (χ2n) is 11.4. The van der Waals surface area contributed by atoms with E-state index in [0.717, 1.165) is 19.3 Å². The van der Waals surface area contributed by atoms with E-state index in [0.29, 0.717) is 18.9 Å². The number of carbonyl (C=O) groups is 1. The molecule has 1 aliphatic carbocycles. The first-order chi connectivity index (χ1) is 19.7. The van der Waals surface area contributed by atoms with Crippen molar-refractivity contribution in [2.75, 3.05) is 18.1 Å². The average molecular weight is 612 g/mol. The van der Waals surface area contributed by atoms with E-state index in [2.05, 4.69) is 14.9 Å². The molecule has 0 atom stereocenters. The van der Waals surface area contributed by atoms with Crippen molar-refractivity contribution >= 4 is 21.7 Å². The smallest absolute Gasteiger partial charge is 0.394 e. The zero-order valence-electron chi connectivity index (χ0n) is 23.7. The molecule has 11 nitrogen and oxygen atoms in total. The van der Waals surface area contributed by atoms with Crippen LogP contribution >= 0.6 is 0 Å². The Balaban J connectivity index is 0.00000423. The van der Waals surface area contributed by atoms with E-state index in [1.165, 1.54) is 33.6 Å². The Morgan fingerprint density at radius 3 is 2.52 bits per heavy atom. The van der Waals surface area contributed by atoms with E-state index in [1.54, 1.807) is 12.4 Å². The Morgan fingerprint density at radius 2 is 1.88 bits per heavy atom. The summed E-state index contributed by atoms with van der Waals surface area (Å²) < 4.78 is 76.1. The van der Waals surface area contributed by atoms with Crippen LogP contribution in [0.25, 0.3) is 5.82 Å². The van der Waals surface area contributed by atoms with Gasteiger partial charge in [0, 0.05) is 38.5 Å². The van der Waals surface area contributed by atoms with Crippen LogP contribution in [0.2, 0.25) is 0 Å². The predicted octanol–water partition coefficient (Wildman–Crippen LogP) is 4.73. The van der Waals surface area contributed by atoms with Gasteiger partial charge < -0.3 is 9.64 Å². The summed E-state index contributed by atoms with van der Waals surface area (Å²) in [5, 5.41) is 8.10. The Hall–Kier alpha value is -3.62. The summed E-state index contributed by atoms with van der Waals surface area (Å²) in [5.41, 5.74) is -1.95. The predicted molar refractivity (Wildman–Crippen MR) is 149 cm³/mol. The number of hydrogen-bond donors (Lipinski definition) is 1. The number of carbonyl (C=O) groups excluding carboxylic acids is 1. The minimum absolute atomic E-state index is 0.